The van der Waals surface area contributed by atoms with E-state index >= 15 is 0 Å². The quantitative estimate of drug-likeness (QED) is 0.387. The molecule has 0 aliphatic carbocycles. The molecule has 0 amide bonds. The van der Waals surface area contributed by atoms with Crippen molar-refractivity contribution in [1.29, 1.82) is 0 Å². The van der Waals surface area contributed by atoms with Gasteiger partial charge in [0.2, 0.25) is 5.88 Å². The first-order chi connectivity index (χ1) is 1.73. The lowest BCUT2D eigenvalue weighted by Gasteiger charge is -1.62. The highest BCUT2D eigenvalue weighted by Crippen LogP contribution is 1.52. The molecule has 0 saturated heterocycles. The second kappa shape index (κ2) is 0.767. The van der Waals surface area contributed by atoms with Gasteiger partial charge in [-0.3, -0.25) is 5.11 Å². The van der Waals surface area contributed by atoms with Crippen LogP contribution in [0, 0.1) is 0 Å². The third-order valence-corrected chi connectivity index (χ3v) is 0. The van der Waals surface area contributed by atoms with Crippen molar-refractivity contribution in [3.8, 4) is 0 Å². The first-order valence-corrected chi connectivity index (χ1v) is 0.846. The zero-order valence-corrected chi connectivity index (χ0v) is 2.19. The molecule has 0 heterocycles. The van der Waals surface area contributed by atoms with E-state index < -0.39 is 5.88 Å². The van der Waals surface area contributed by atoms with Crippen molar-refractivity contribution in [1.82, 2.24) is 0 Å². The van der Waals surface area contributed by atoms with Gasteiger partial charge < -0.3 is 5.73 Å². The molecule has 0 aliphatic rings. The molecule has 0 atom stereocenters. The van der Waals surface area contributed by atoms with Gasteiger partial charge in [0, 0.05) is 0 Å². The van der Waals surface area contributed by atoms with Crippen molar-refractivity contribution in [2.45, 2.75) is 0 Å². The van der Waals surface area contributed by atoms with Crippen LogP contribution in [-0.2, 0) is 5.11 Å². The molecule has 0 aromatic heterocycles. The molecule has 2 N–H and O–H groups in total. The topological polar surface area (TPSA) is 45.9 Å². The van der Waals surface area contributed by atoms with E-state index in [0.717, 1.165) is 0 Å². The maximum Gasteiger partial charge on any atom is 0.234 e. The Labute approximate surface area is 24.5 Å². The van der Waals surface area contributed by atoms with Gasteiger partial charge in [-0.2, -0.15) is 0 Å². The molecule has 0 unspecified atom stereocenters. The Kier molecular flexibility index (Phi) is 0.641. The van der Waals surface area contributed by atoms with Crippen molar-refractivity contribution >= 4 is 0 Å². The predicted molar refractivity (Wildman–Crippen MR) is 14.0 cm³/mol. The van der Waals surface area contributed by atoms with Crippen LogP contribution in [0.1, 0.15) is 0 Å². The Morgan fingerprint density at radius 3 is 2.00 bits per heavy atom. The van der Waals surface area contributed by atoms with E-state index in [-0.39, 0.29) is 0 Å². The molecule has 0 aromatic rings. The average Bonchev–Trinajstić information content (AvgIpc) is 0.811. The minimum atomic E-state index is -0.583. The highest BCUT2D eigenvalue weighted by molar-refractivity contribution is 4.63. The van der Waals surface area contributed by atoms with Crippen LogP contribution in [0.2, 0.25) is 0 Å². The standard InChI is InChI=1S/C2H4NO/c1-2(3)4/h1,3H2. The summed E-state index contributed by atoms with van der Waals surface area (Å²) in [5, 5.41) is 9.11. The summed E-state index contributed by atoms with van der Waals surface area (Å²) in [4.78, 5) is 0. The zero-order chi connectivity index (χ0) is 3.58. The summed E-state index contributed by atoms with van der Waals surface area (Å²) in [5.74, 6) is -0.583. The van der Waals surface area contributed by atoms with Crippen LogP contribution in [0.15, 0.2) is 12.5 Å². The van der Waals surface area contributed by atoms with E-state index in [9.17, 15) is 0 Å². The Bertz CT molecular complexity index is 29.0. The van der Waals surface area contributed by atoms with Gasteiger partial charge in [0.25, 0.3) is 0 Å². The van der Waals surface area contributed by atoms with E-state index in [4.69, 9.17) is 5.11 Å². The van der Waals surface area contributed by atoms with Crippen LogP contribution in [0.4, 0.5) is 0 Å². The van der Waals surface area contributed by atoms with E-state index in [1.54, 1.807) is 0 Å². The summed E-state index contributed by atoms with van der Waals surface area (Å²) in [5.41, 5.74) is 4.36. The van der Waals surface area contributed by atoms with Gasteiger partial charge >= 0.3 is 0 Å². The fraction of sp³-hybridized carbons (Fsp3) is 0. The molecule has 0 rings (SSSR count). The van der Waals surface area contributed by atoms with Crippen LogP contribution >= 0.6 is 0 Å². The minimum absolute atomic E-state index is 0.583. The van der Waals surface area contributed by atoms with Crippen molar-refractivity contribution < 1.29 is 5.11 Å². The average molecular weight is 58.1 g/mol. The molecule has 0 aliphatic heterocycles. The van der Waals surface area contributed by atoms with Crippen LogP contribution in [0.3, 0.4) is 0 Å². The molecule has 0 saturated carbocycles. The summed E-state index contributed by atoms with van der Waals surface area (Å²) >= 11 is 0. The van der Waals surface area contributed by atoms with Crippen molar-refractivity contribution in [3.63, 3.8) is 0 Å². The third-order valence-electron chi connectivity index (χ3n) is 0. The van der Waals surface area contributed by atoms with E-state index in [1.165, 1.54) is 0 Å². The van der Waals surface area contributed by atoms with Crippen LogP contribution in [0.25, 0.3) is 0 Å². The molecule has 0 bridgehead atoms. The Hall–Kier alpha value is -0.660. The van der Waals surface area contributed by atoms with Gasteiger partial charge in [-0.25, -0.2) is 0 Å². The largest absolute Gasteiger partial charge is 0.367 e. The predicted octanol–water partition coefficient (Wildman–Crippen LogP) is -0.153. The summed E-state index contributed by atoms with van der Waals surface area (Å²) in [7, 11) is 0. The molecule has 2 heteroatoms. The minimum Gasteiger partial charge on any atom is -0.367 e. The highest BCUT2D eigenvalue weighted by Gasteiger charge is 1.59. The lowest BCUT2D eigenvalue weighted by atomic mass is 11.0. The Morgan fingerprint density at radius 1 is 2.00 bits per heavy atom. The zero-order valence-electron chi connectivity index (χ0n) is 2.19. The maximum atomic E-state index is 9.11. The van der Waals surface area contributed by atoms with Gasteiger partial charge in [0.05, 0.1) is 0 Å². The Morgan fingerprint density at radius 2 is 2.00 bits per heavy atom. The molecule has 1 radical (unpaired) electrons. The normalized spacial score (nSPS) is 6.00. The monoisotopic (exact) mass is 58.0 g/mol. The van der Waals surface area contributed by atoms with Crippen LogP contribution < -0.4 is 5.73 Å². The first kappa shape index (κ1) is 3.34. The van der Waals surface area contributed by atoms with Gasteiger partial charge in [-0.05, 0) is 6.58 Å². The third kappa shape index (κ3) is 0.356. The molecule has 23 valence electrons. The molecule has 4 heavy (non-hydrogen) atoms. The van der Waals surface area contributed by atoms with Crippen molar-refractivity contribution in [3.05, 3.63) is 12.5 Å². The fourth-order valence-electron chi connectivity index (χ4n) is 0. The van der Waals surface area contributed by atoms with E-state index in [1.807, 2.05) is 0 Å². The summed E-state index contributed by atoms with van der Waals surface area (Å²) < 4.78 is 0. The summed E-state index contributed by atoms with van der Waals surface area (Å²) in [6.07, 6.45) is 0. The van der Waals surface area contributed by atoms with Crippen LogP contribution in [-0.4, -0.2) is 0 Å². The first-order valence-electron chi connectivity index (χ1n) is 0.846. The number of hydrogen-bond acceptors (Lipinski definition) is 1. The number of hydrogen-bond donors (Lipinski definition) is 1. The lowest BCUT2D eigenvalue weighted by Crippen LogP contribution is -1.86. The van der Waals surface area contributed by atoms with Gasteiger partial charge in [0.1, 0.15) is 0 Å². The van der Waals surface area contributed by atoms with E-state index in [0.29, 0.717) is 0 Å². The summed E-state index contributed by atoms with van der Waals surface area (Å²) in [6.45, 7) is 2.78. The van der Waals surface area contributed by atoms with Crippen LogP contribution in [0.5, 0.6) is 0 Å². The second-order valence-electron chi connectivity index (χ2n) is 0.466. The van der Waals surface area contributed by atoms with Gasteiger partial charge in [-0.1, -0.05) is 0 Å². The smallest absolute Gasteiger partial charge is 0.234 e. The molecule has 0 aromatic carbocycles. The highest BCUT2D eigenvalue weighted by atomic mass is 16.3. The number of nitrogens with two attached hydrogens (primary N) is 1. The Balaban J connectivity index is 2.80. The van der Waals surface area contributed by atoms with Crippen molar-refractivity contribution in [2.75, 3.05) is 0 Å². The summed E-state index contributed by atoms with van der Waals surface area (Å²) in [6, 6.07) is 0. The van der Waals surface area contributed by atoms with Crippen molar-refractivity contribution in [2.24, 2.45) is 5.73 Å². The van der Waals surface area contributed by atoms with Gasteiger partial charge in [-0.15, -0.1) is 0 Å². The fourth-order valence-corrected chi connectivity index (χ4v) is 0. The lowest BCUT2D eigenvalue weighted by molar-refractivity contribution is 0.295. The molecule has 2 nitrogen and oxygen atoms in total. The number of rotatable bonds is 0. The second-order valence-corrected chi connectivity index (χ2v) is 0.466. The maximum absolute atomic E-state index is 9.11. The molecule has 0 spiro atoms. The van der Waals surface area contributed by atoms with E-state index in [2.05, 4.69) is 12.3 Å². The molecular weight excluding hydrogens is 54.0 g/mol. The molecular formula is C2H4NO. The molecule has 0 fully saturated rings. The van der Waals surface area contributed by atoms with Gasteiger partial charge in [0.15, 0.2) is 0 Å². The SMILES string of the molecule is C=C(N)[O].